The molecule has 0 radical (unpaired) electrons. The van der Waals surface area contributed by atoms with E-state index >= 15 is 0 Å². The molecule has 3 heterocycles. The fraction of sp³-hybridized carbons (Fsp3) is 0.556. The third kappa shape index (κ3) is 6.22. The second-order valence-corrected chi connectivity index (χ2v) is 12.2. The van der Waals surface area contributed by atoms with Gasteiger partial charge in [0.15, 0.2) is 0 Å². The topological polar surface area (TPSA) is 180 Å². The molecule has 0 spiro atoms. The summed E-state index contributed by atoms with van der Waals surface area (Å²) in [5, 5.41) is 30.7. The number of nitro groups is 1. The van der Waals surface area contributed by atoms with Crippen molar-refractivity contribution in [3.8, 4) is 0 Å². The van der Waals surface area contributed by atoms with Crippen LogP contribution in [-0.2, 0) is 30.5 Å². The van der Waals surface area contributed by atoms with Gasteiger partial charge in [-0.3, -0.25) is 19.7 Å². The van der Waals surface area contributed by atoms with Crippen LogP contribution in [0.25, 0.3) is 0 Å². The molecule has 0 bridgehead atoms. The number of amides is 3. The zero-order valence-electron chi connectivity index (χ0n) is 23.7. The maximum atomic E-state index is 13.2. The fourth-order valence-corrected chi connectivity index (χ4v) is 7.12. The van der Waals surface area contributed by atoms with Crippen LogP contribution in [0.4, 0.5) is 10.5 Å². The minimum Gasteiger partial charge on any atom is -0.477 e. The molecule has 0 aliphatic carbocycles. The first kappa shape index (κ1) is 31.3. The quantitative estimate of drug-likeness (QED) is 0.212. The van der Waals surface area contributed by atoms with Gasteiger partial charge in [0.05, 0.1) is 35.6 Å². The summed E-state index contributed by atoms with van der Waals surface area (Å²) in [6, 6.07) is 4.69. The number of aliphatic carboxylic acids is 1. The van der Waals surface area contributed by atoms with Crippen LogP contribution >= 0.6 is 11.8 Å². The third-order valence-corrected chi connectivity index (χ3v) is 9.25. The van der Waals surface area contributed by atoms with E-state index in [1.54, 1.807) is 14.1 Å². The monoisotopic (exact) mass is 606 g/mol. The van der Waals surface area contributed by atoms with E-state index in [9.17, 15) is 39.5 Å². The lowest BCUT2D eigenvalue weighted by Gasteiger charge is -2.46. The normalized spacial score (nSPS) is 25.6. The first-order chi connectivity index (χ1) is 19.8. The number of benzene rings is 1. The van der Waals surface area contributed by atoms with E-state index in [2.05, 4.69) is 0 Å². The number of aliphatic hydroxyl groups excluding tert-OH is 1. The molecule has 2 fully saturated rings. The Bertz CT molecular complexity index is 1280. The second kappa shape index (κ2) is 12.7. The minimum atomic E-state index is -1.23. The lowest BCUT2D eigenvalue weighted by Crippen LogP contribution is -2.63. The molecule has 0 aromatic heterocycles. The van der Waals surface area contributed by atoms with Gasteiger partial charge in [-0.1, -0.05) is 6.92 Å². The number of ether oxygens (including phenoxy) is 2. The van der Waals surface area contributed by atoms with E-state index in [1.807, 2.05) is 6.92 Å². The number of non-ortho nitro benzene ring substituents is 1. The van der Waals surface area contributed by atoms with E-state index in [4.69, 9.17) is 9.47 Å². The number of hydrogen-bond donors (Lipinski definition) is 2. The maximum absolute atomic E-state index is 13.2. The summed E-state index contributed by atoms with van der Waals surface area (Å²) in [5.41, 5.74) is 0.376. The predicted octanol–water partition coefficient (Wildman–Crippen LogP) is 1.67. The number of fused-ring (bicyclic) bond motifs is 1. The summed E-state index contributed by atoms with van der Waals surface area (Å²) in [7, 11) is 3.20. The van der Waals surface area contributed by atoms with Crippen molar-refractivity contribution in [1.82, 2.24) is 14.7 Å². The van der Waals surface area contributed by atoms with Crippen LogP contribution in [0, 0.1) is 22.0 Å². The molecule has 15 heteroatoms. The van der Waals surface area contributed by atoms with Crippen LogP contribution in [0.15, 0.2) is 34.9 Å². The lowest BCUT2D eigenvalue weighted by molar-refractivity contribution is -0.384. The number of carboxylic acid groups (broad SMARTS) is 1. The van der Waals surface area contributed by atoms with Crippen molar-refractivity contribution in [2.24, 2.45) is 11.8 Å². The van der Waals surface area contributed by atoms with Gasteiger partial charge in [0.1, 0.15) is 18.9 Å². The number of aliphatic hydroxyl groups is 1. The van der Waals surface area contributed by atoms with Gasteiger partial charge in [0.25, 0.3) is 5.69 Å². The van der Waals surface area contributed by atoms with Gasteiger partial charge >= 0.3 is 12.1 Å². The Balaban J connectivity index is 1.48. The molecule has 14 nitrogen and oxygen atoms in total. The van der Waals surface area contributed by atoms with Crippen molar-refractivity contribution in [2.75, 3.05) is 33.9 Å². The molecule has 0 unspecified atom stereocenters. The molecule has 2 saturated heterocycles. The second-order valence-electron chi connectivity index (χ2n) is 10.8. The predicted molar refractivity (Wildman–Crippen MR) is 149 cm³/mol. The highest BCUT2D eigenvalue weighted by Crippen LogP contribution is 2.52. The third-order valence-electron chi connectivity index (χ3n) is 7.76. The van der Waals surface area contributed by atoms with Crippen molar-refractivity contribution in [1.29, 1.82) is 0 Å². The highest BCUT2D eigenvalue weighted by Gasteiger charge is 2.60. The van der Waals surface area contributed by atoms with Gasteiger partial charge in [0, 0.05) is 48.8 Å². The Morgan fingerprint density at radius 3 is 2.48 bits per heavy atom. The number of hydrogen-bond acceptors (Lipinski definition) is 10. The van der Waals surface area contributed by atoms with Crippen molar-refractivity contribution < 1.29 is 43.8 Å². The van der Waals surface area contributed by atoms with E-state index in [0.29, 0.717) is 16.9 Å². The Morgan fingerprint density at radius 1 is 1.24 bits per heavy atom. The molecule has 2 N–H and O–H groups in total. The van der Waals surface area contributed by atoms with Gasteiger partial charge in [-0.2, -0.15) is 0 Å². The van der Waals surface area contributed by atoms with Crippen molar-refractivity contribution in [3.05, 3.63) is 50.5 Å². The molecular weight excluding hydrogens is 572 g/mol. The summed E-state index contributed by atoms with van der Waals surface area (Å²) >= 11 is 1.29. The van der Waals surface area contributed by atoms with E-state index in [-0.39, 0.29) is 54.8 Å². The molecule has 42 heavy (non-hydrogen) atoms. The summed E-state index contributed by atoms with van der Waals surface area (Å²) < 4.78 is 11.1. The largest absolute Gasteiger partial charge is 0.477 e. The highest BCUT2D eigenvalue weighted by molar-refractivity contribution is 8.03. The number of likely N-dealkylation sites (N-methyl/N-ethyl adjacent to an activating group) is 1. The highest BCUT2D eigenvalue weighted by atomic mass is 32.2. The zero-order valence-corrected chi connectivity index (χ0v) is 24.5. The van der Waals surface area contributed by atoms with Crippen LogP contribution < -0.4 is 0 Å². The number of β-lactam (4-membered cyclic amide) rings is 1. The standard InChI is InChI=1S/C27H34N4O10S/c1-14-22-21(15(2)32)25(34)30(22)23(26(35)36)24(14)42-19-9-18(12-40-13-20(33)28(3)4)29(10-19)27(37)41-11-16-5-7-17(8-6-16)31(38)39/h5-8,14-15,18-19,21-22,32H,9-13H2,1-4H3,(H,35,36)/t14-,15-,18+,19+,21-,22-/m1/s1. The summed E-state index contributed by atoms with van der Waals surface area (Å²) in [6.07, 6.45) is -1.15. The molecule has 4 rings (SSSR count). The van der Waals surface area contributed by atoms with E-state index < -0.39 is 47.0 Å². The van der Waals surface area contributed by atoms with E-state index in [0.717, 1.165) is 0 Å². The molecule has 3 amide bonds. The first-order valence-electron chi connectivity index (χ1n) is 13.4. The Hall–Kier alpha value is -3.69. The SMILES string of the molecule is C[C@@H](O)[C@H]1C(=O)N2C(C(=O)O)=C(S[C@H]3C[C@@H](COCC(=O)N(C)C)N(C(=O)OCc4ccc([N+](=O)[O-])cc4)C3)[C@H](C)[C@H]12. The van der Waals surface area contributed by atoms with Gasteiger partial charge in [-0.15, -0.1) is 11.8 Å². The summed E-state index contributed by atoms with van der Waals surface area (Å²) in [6.45, 7) is 3.28. The molecule has 6 atom stereocenters. The number of carbonyl (C=O) groups is 4. The zero-order chi connectivity index (χ0) is 30.9. The Kier molecular flexibility index (Phi) is 9.43. The molecule has 1 aromatic carbocycles. The lowest BCUT2D eigenvalue weighted by atomic mass is 9.79. The van der Waals surface area contributed by atoms with Crippen LogP contribution in [0.2, 0.25) is 0 Å². The number of thioether (sulfide) groups is 1. The van der Waals surface area contributed by atoms with E-state index in [1.165, 1.54) is 57.7 Å². The molecule has 3 aliphatic heterocycles. The van der Waals surface area contributed by atoms with Crippen molar-refractivity contribution >= 4 is 41.3 Å². The van der Waals surface area contributed by atoms with Crippen LogP contribution in [-0.4, -0.2) is 111 Å². The van der Waals surface area contributed by atoms with Crippen LogP contribution in [0.1, 0.15) is 25.8 Å². The number of carboxylic acids is 1. The van der Waals surface area contributed by atoms with Crippen molar-refractivity contribution in [2.45, 2.75) is 50.3 Å². The van der Waals surface area contributed by atoms with Crippen LogP contribution in [0.5, 0.6) is 0 Å². The maximum Gasteiger partial charge on any atom is 0.410 e. The average Bonchev–Trinajstić information content (AvgIpc) is 3.43. The number of rotatable bonds is 11. The minimum absolute atomic E-state index is 0.0427. The number of nitrogens with zero attached hydrogens (tertiary/aromatic N) is 4. The smallest absolute Gasteiger partial charge is 0.410 e. The first-order valence-corrected chi connectivity index (χ1v) is 14.3. The molecule has 3 aliphatic rings. The van der Waals surface area contributed by atoms with Gasteiger partial charge in [-0.25, -0.2) is 9.59 Å². The summed E-state index contributed by atoms with van der Waals surface area (Å²) in [5.74, 6) is -2.91. The number of nitro benzene ring substituents is 1. The number of likely N-dealkylation sites (tertiary alicyclic amines) is 1. The van der Waals surface area contributed by atoms with Crippen molar-refractivity contribution in [3.63, 3.8) is 0 Å². The average molecular weight is 607 g/mol. The molecular formula is C27H34N4O10S. The Labute approximate surface area is 246 Å². The fourth-order valence-electron chi connectivity index (χ4n) is 5.55. The van der Waals surface area contributed by atoms with Crippen LogP contribution in [0.3, 0.4) is 0 Å². The molecule has 228 valence electrons. The van der Waals surface area contributed by atoms with Gasteiger partial charge < -0.3 is 34.4 Å². The summed E-state index contributed by atoms with van der Waals surface area (Å²) in [4.78, 5) is 65.1. The van der Waals surface area contributed by atoms with Gasteiger partial charge in [0.2, 0.25) is 11.8 Å². The molecule has 0 saturated carbocycles. The van der Waals surface area contributed by atoms with Gasteiger partial charge in [-0.05, 0) is 31.0 Å². The molecule has 1 aromatic rings. The number of carbonyl (C=O) groups excluding carboxylic acids is 3. The Morgan fingerprint density at radius 2 is 1.90 bits per heavy atom.